The molecule has 6 heteroatoms. The van der Waals surface area contributed by atoms with Crippen LogP contribution in [0.4, 0.5) is 10.2 Å². The maximum Gasteiger partial charge on any atom is 0.270 e. The Bertz CT molecular complexity index is 951. The summed E-state index contributed by atoms with van der Waals surface area (Å²) < 4.78 is 13.0. The number of nitrogens with zero attached hydrogens (tertiary/aromatic N) is 2. The van der Waals surface area contributed by atoms with Gasteiger partial charge in [-0.15, -0.1) is 0 Å². The minimum Gasteiger partial charge on any atom is -0.365 e. The molecule has 0 unspecified atom stereocenters. The van der Waals surface area contributed by atoms with Crippen molar-refractivity contribution < 1.29 is 9.18 Å². The molecule has 1 amide bonds. The molecule has 0 atom stereocenters. The predicted octanol–water partition coefficient (Wildman–Crippen LogP) is 4.42. The Balaban J connectivity index is 1.86. The third-order valence-electron chi connectivity index (χ3n) is 3.86. The van der Waals surface area contributed by atoms with Gasteiger partial charge in [0.1, 0.15) is 17.3 Å². The summed E-state index contributed by atoms with van der Waals surface area (Å²) in [6, 6.07) is 17.2. The zero-order valence-electron chi connectivity index (χ0n) is 16.2. The van der Waals surface area contributed by atoms with Crippen molar-refractivity contribution in [2.45, 2.75) is 32.9 Å². The first-order chi connectivity index (χ1) is 13.3. The van der Waals surface area contributed by atoms with Crippen LogP contribution in [-0.4, -0.2) is 21.4 Å². The van der Waals surface area contributed by atoms with E-state index in [9.17, 15) is 9.18 Å². The number of anilines is 1. The number of rotatable bonds is 5. The van der Waals surface area contributed by atoms with Gasteiger partial charge in [-0.25, -0.2) is 14.4 Å². The topological polar surface area (TPSA) is 66.9 Å². The molecular weight excluding hydrogens is 355 g/mol. The lowest BCUT2D eigenvalue weighted by Gasteiger charge is -2.22. The van der Waals surface area contributed by atoms with E-state index in [1.54, 1.807) is 18.2 Å². The molecule has 0 aliphatic carbocycles. The molecule has 0 saturated heterocycles. The maximum absolute atomic E-state index is 13.0. The molecule has 2 N–H and O–H groups in total. The number of aromatic nitrogens is 2. The van der Waals surface area contributed by atoms with E-state index in [1.165, 1.54) is 12.1 Å². The molecule has 5 nitrogen and oxygen atoms in total. The highest BCUT2D eigenvalue weighted by atomic mass is 19.1. The Hall–Kier alpha value is -3.28. The number of nitrogens with one attached hydrogen (secondary N) is 2. The third kappa shape index (κ3) is 5.36. The van der Waals surface area contributed by atoms with Crippen LogP contribution in [0.3, 0.4) is 0 Å². The van der Waals surface area contributed by atoms with Gasteiger partial charge in [-0.2, -0.15) is 0 Å². The van der Waals surface area contributed by atoms with E-state index in [1.807, 2.05) is 51.1 Å². The van der Waals surface area contributed by atoms with Crippen LogP contribution in [0.1, 0.15) is 36.8 Å². The molecule has 0 radical (unpaired) electrons. The van der Waals surface area contributed by atoms with Crippen LogP contribution in [0.5, 0.6) is 0 Å². The van der Waals surface area contributed by atoms with Crippen molar-refractivity contribution in [3.8, 4) is 11.4 Å². The number of hydrogen-bond acceptors (Lipinski definition) is 4. The second kappa shape index (κ2) is 8.17. The van der Waals surface area contributed by atoms with Crippen LogP contribution in [0.2, 0.25) is 0 Å². The first-order valence-corrected chi connectivity index (χ1v) is 9.05. The summed E-state index contributed by atoms with van der Waals surface area (Å²) in [6.45, 7) is 6.34. The summed E-state index contributed by atoms with van der Waals surface area (Å²) >= 11 is 0. The molecule has 3 aromatic rings. The van der Waals surface area contributed by atoms with E-state index in [0.717, 1.165) is 11.1 Å². The summed E-state index contributed by atoms with van der Waals surface area (Å²) in [5, 5.41) is 6.12. The Morgan fingerprint density at radius 1 is 1.00 bits per heavy atom. The van der Waals surface area contributed by atoms with Gasteiger partial charge in [-0.1, -0.05) is 42.5 Å². The Morgan fingerprint density at radius 2 is 1.68 bits per heavy atom. The van der Waals surface area contributed by atoms with Gasteiger partial charge in [0.15, 0.2) is 5.82 Å². The lowest BCUT2D eigenvalue weighted by Crippen LogP contribution is -2.28. The van der Waals surface area contributed by atoms with Crippen molar-refractivity contribution in [1.82, 2.24) is 15.3 Å². The smallest absolute Gasteiger partial charge is 0.270 e. The molecule has 28 heavy (non-hydrogen) atoms. The van der Waals surface area contributed by atoms with Crippen molar-refractivity contribution in [1.29, 1.82) is 0 Å². The van der Waals surface area contributed by atoms with Crippen LogP contribution < -0.4 is 10.6 Å². The van der Waals surface area contributed by atoms with Crippen molar-refractivity contribution in [2.75, 3.05) is 5.32 Å². The second-order valence-electron chi connectivity index (χ2n) is 7.51. The fourth-order valence-corrected chi connectivity index (χ4v) is 2.60. The fourth-order valence-electron chi connectivity index (χ4n) is 2.60. The number of carbonyl (C=O) groups is 1. The van der Waals surface area contributed by atoms with Crippen molar-refractivity contribution in [3.05, 3.63) is 77.7 Å². The normalized spacial score (nSPS) is 11.1. The average molecular weight is 378 g/mol. The predicted molar refractivity (Wildman–Crippen MR) is 108 cm³/mol. The monoisotopic (exact) mass is 378 g/mol. The summed E-state index contributed by atoms with van der Waals surface area (Å²) in [5.41, 5.74) is 1.68. The van der Waals surface area contributed by atoms with Gasteiger partial charge in [0, 0.05) is 23.7 Å². The molecule has 3 rings (SSSR count). The van der Waals surface area contributed by atoms with E-state index >= 15 is 0 Å². The Morgan fingerprint density at radius 3 is 2.32 bits per heavy atom. The van der Waals surface area contributed by atoms with Crippen molar-refractivity contribution in [2.24, 2.45) is 0 Å². The molecule has 0 saturated carbocycles. The zero-order valence-corrected chi connectivity index (χ0v) is 16.2. The second-order valence-corrected chi connectivity index (χ2v) is 7.51. The maximum atomic E-state index is 13.0. The molecule has 0 fully saturated rings. The van der Waals surface area contributed by atoms with Gasteiger partial charge in [0.25, 0.3) is 5.91 Å². The van der Waals surface area contributed by atoms with Gasteiger partial charge in [0.2, 0.25) is 0 Å². The number of hydrogen-bond donors (Lipinski definition) is 2. The molecule has 144 valence electrons. The number of amides is 1. The van der Waals surface area contributed by atoms with Gasteiger partial charge >= 0.3 is 0 Å². The molecule has 2 aromatic carbocycles. The first-order valence-electron chi connectivity index (χ1n) is 9.05. The number of carbonyl (C=O) groups excluding carboxylic acids is 1. The molecule has 0 bridgehead atoms. The van der Waals surface area contributed by atoms with Gasteiger partial charge < -0.3 is 10.6 Å². The van der Waals surface area contributed by atoms with Gasteiger partial charge in [-0.05, 0) is 38.5 Å². The van der Waals surface area contributed by atoms with Crippen molar-refractivity contribution >= 4 is 11.7 Å². The van der Waals surface area contributed by atoms with E-state index in [-0.39, 0.29) is 29.5 Å². The molecule has 1 aromatic heterocycles. The van der Waals surface area contributed by atoms with E-state index < -0.39 is 0 Å². The third-order valence-corrected chi connectivity index (χ3v) is 3.86. The van der Waals surface area contributed by atoms with Crippen LogP contribution >= 0.6 is 0 Å². The van der Waals surface area contributed by atoms with E-state index in [4.69, 9.17) is 0 Å². The lowest BCUT2D eigenvalue weighted by atomic mass is 10.1. The highest BCUT2D eigenvalue weighted by Gasteiger charge is 2.16. The van der Waals surface area contributed by atoms with E-state index in [2.05, 4.69) is 20.6 Å². The van der Waals surface area contributed by atoms with Crippen LogP contribution in [0, 0.1) is 5.82 Å². The number of halogens is 1. The SMILES string of the molecule is CC(C)(C)Nc1cc(C(=O)NCc2ccc(F)cc2)nc(-c2ccccc2)n1. The Kier molecular flexibility index (Phi) is 5.68. The minimum atomic E-state index is -0.319. The summed E-state index contributed by atoms with van der Waals surface area (Å²) in [6.07, 6.45) is 0. The molecule has 1 heterocycles. The van der Waals surface area contributed by atoms with E-state index in [0.29, 0.717) is 11.6 Å². The standard InChI is InChI=1S/C22H23FN4O/c1-22(2,3)27-19-13-18(25-20(26-19)16-7-5-4-6-8-16)21(28)24-14-15-9-11-17(23)12-10-15/h4-13H,14H2,1-3H3,(H,24,28)(H,25,26,27). The summed E-state index contributed by atoms with van der Waals surface area (Å²) in [5.74, 6) is 0.423. The highest BCUT2D eigenvalue weighted by molar-refractivity contribution is 5.93. The summed E-state index contributed by atoms with van der Waals surface area (Å²) in [4.78, 5) is 21.7. The quantitative estimate of drug-likeness (QED) is 0.690. The highest BCUT2D eigenvalue weighted by Crippen LogP contribution is 2.20. The largest absolute Gasteiger partial charge is 0.365 e. The van der Waals surface area contributed by atoms with Gasteiger partial charge in [-0.3, -0.25) is 4.79 Å². The molecule has 0 spiro atoms. The fraction of sp³-hybridized carbons (Fsp3) is 0.227. The van der Waals surface area contributed by atoms with Crippen LogP contribution in [-0.2, 0) is 6.54 Å². The van der Waals surface area contributed by atoms with Crippen molar-refractivity contribution in [3.63, 3.8) is 0 Å². The molecule has 0 aliphatic rings. The molecule has 0 aliphatic heterocycles. The minimum absolute atomic E-state index is 0.218. The lowest BCUT2D eigenvalue weighted by molar-refractivity contribution is 0.0946. The number of benzene rings is 2. The van der Waals surface area contributed by atoms with Crippen LogP contribution in [0.15, 0.2) is 60.7 Å². The van der Waals surface area contributed by atoms with Gasteiger partial charge in [0.05, 0.1) is 0 Å². The Labute approximate surface area is 164 Å². The first kappa shape index (κ1) is 19.5. The van der Waals surface area contributed by atoms with Crippen LogP contribution in [0.25, 0.3) is 11.4 Å². The average Bonchev–Trinajstić information content (AvgIpc) is 2.66. The summed E-state index contributed by atoms with van der Waals surface area (Å²) in [7, 11) is 0. The zero-order chi connectivity index (χ0) is 20.1. The molecular formula is C22H23FN4O.